The number of hydrogen-bond acceptors (Lipinski definition) is 5. The Bertz CT molecular complexity index is 640. The Balaban J connectivity index is 2.10. The van der Waals surface area contributed by atoms with Crippen LogP contribution in [0.3, 0.4) is 0 Å². The van der Waals surface area contributed by atoms with Crippen molar-refractivity contribution in [2.75, 3.05) is 24.7 Å². The van der Waals surface area contributed by atoms with Crippen molar-refractivity contribution in [1.82, 2.24) is 9.38 Å². The molecule has 3 rings (SSSR count). The summed E-state index contributed by atoms with van der Waals surface area (Å²) in [4.78, 5) is 17.9. The Labute approximate surface area is 115 Å². The van der Waals surface area contributed by atoms with E-state index in [1.54, 1.807) is 0 Å². The van der Waals surface area contributed by atoms with Crippen molar-refractivity contribution in [1.29, 1.82) is 0 Å². The number of imidazole rings is 1. The molecule has 0 aromatic carbocycles. The molecule has 20 heavy (non-hydrogen) atoms. The summed E-state index contributed by atoms with van der Waals surface area (Å²) in [5.74, 6) is 0.136. The van der Waals surface area contributed by atoms with Crippen molar-refractivity contribution >= 4 is 17.4 Å². The zero-order valence-corrected chi connectivity index (χ0v) is 10.9. The lowest BCUT2D eigenvalue weighted by Gasteiger charge is -2.34. The summed E-state index contributed by atoms with van der Waals surface area (Å²) in [5.41, 5.74) is 6.79. The fourth-order valence-corrected chi connectivity index (χ4v) is 2.50. The van der Waals surface area contributed by atoms with Crippen LogP contribution in [0.4, 0.5) is 5.82 Å². The van der Waals surface area contributed by atoms with Gasteiger partial charge in [-0.25, -0.2) is 4.98 Å². The third kappa shape index (κ3) is 2.00. The molecule has 0 bridgehead atoms. The van der Waals surface area contributed by atoms with Gasteiger partial charge >= 0.3 is 0 Å². The monoisotopic (exact) mass is 276 g/mol. The van der Waals surface area contributed by atoms with Gasteiger partial charge in [0.25, 0.3) is 0 Å². The number of amides is 1. The van der Waals surface area contributed by atoms with Gasteiger partial charge in [0.2, 0.25) is 5.91 Å². The van der Waals surface area contributed by atoms with E-state index in [4.69, 9.17) is 10.5 Å². The van der Waals surface area contributed by atoms with Gasteiger partial charge in [-0.3, -0.25) is 9.20 Å². The van der Waals surface area contributed by atoms with Gasteiger partial charge in [0.05, 0.1) is 25.5 Å². The van der Waals surface area contributed by atoms with Crippen LogP contribution in [0, 0.1) is 0 Å². The van der Waals surface area contributed by atoms with Crippen molar-refractivity contribution < 1.29 is 14.6 Å². The Morgan fingerprint density at radius 3 is 3.15 bits per heavy atom. The first kappa shape index (κ1) is 12.9. The number of aromatic nitrogens is 2. The number of primary amides is 1. The second-order valence-corrected chi connectivity index (χ2v) is 4.66. The molecule has 1 aliphatic rings. The summed E-state index contributed by atoms with van der Waals surface area (Å²) in [6.07, 6.45) is 1.83. The molecular formula is C13H16N4O3. The van der Waals surface area contributed by atoms with Crippen LogP contribution >= 0.6 is 0 Å². The normalized spacial score (nSPS) is 19.4. The number of hydrogen-bond donors (Lipinski definition) is 2. The van der Waals surface area contributed by atoms with Crippen LogP contribution in [0.1, 0.15) is 5.69 Å². The van der Waals surface area contributed by atoms with Crippen molar-refractivity contribution in [2.24, 2.45) is 5.73 Å². The molecule has 1 amide bonds. The predicted octanol–water partition coefficient (Wildman–Crippen LogP) is -0.483. The van der Waals surface area contributed by atoms with Crippen LogP contribution < -0.4 is 10.6 Å². The number of aliphatic hydroxyl groups excluding tert-OH is 1. The standard InChI is InChI=1S/C13H16N4O3/c14-12(19)10-8-20-6-5-17(10)13-9(7-18)16-4-2-1-3-11(16)15-13/h1-4,10,18H,5-8H2,(H2,14,19). The first-order chi connectivity index (χ1) is 9.72. The molecule has 1 unspecified atom stereocenters. The van der Waals surface area contributed by atoms with Gasteiger partial charge in [-0.1, -0.05) is 6.07 Å². The number of anilines is 1. The molecular weight excluding hydrogens is 260 g/mol. The average molecular weight is 276 g/mol. The highest BCUT2D eigenvalue weighted by Gasteiger charge is 2.31. The van der Waals surface area contributed by atoms with E-state index in [2.05, 4.69) is 4.98 Å². The number of morpholine rings is 1. The molecule has 3 heterocycles. The third-order valence-corrected chi connectivity index (χ3v) is 3.49. The minimum atomic E-state index is -0.557. The maximum Gasteiger partial charge on any atom is 0.242 e. The molecule has 2 aromatic heterocycles. The Kier molecular flexibility index (Phi) is 3.29. The zero-order chi connectivity index (χ0) is 14.1. The third-order valence-electron chi connectivity index (χ3n) is 3.49. The quantitative estimate of drug-likeness (QED) is 0.789. The summed E-state index contributed by atoms with van der Waals surface area (Å²) < 4.78 is 7.11. The number of carbonyl (C=O) groups is 1. The number of rotatable bonds is 3. The number of carbonyl (C=O) groups excluding carboxylic acids is 1. The van der Waals surface area contributed by atoms with E-state index in [9.17, 15) is 9.90 Å². The number of fused-ring (bicyclic) bond motifs is 1. The van der Waals surface area contributed by atoms with E-state index in [1.807, 2.05) is 33.7 Å². The number of aliphatic hydroxyl groups is 1. The van der Waals surface area contributed by atoms with Gasteiger partial charge in [-0.2, -0.15) is 0 Å². The Hall–Kier alpha value is -2.12. The molecule has 1 saturated heterocycles. The number of nitrogens with zero attached hydrogens (tertiary/aromatic N) is 3. The molecule has 2 aromatic rings. The second-order valence-electron chi connectivity index (χ2n) is 4.66. The van der Waals surface area contributed by atoms with Gasteiger partial charge in [0, 0.05) is 12.7 Å². The fourth-order valence-electron chi connectivity index (χ4n) is 2.50. The Morgan fingerprint density at radius 1 is 1.55 bits per heavy atom. The smallest absolute Gasteiger partial charge is 0.242 e. The molecule has 0 aliphatic carbocycles. The fraction of sp³-hybridized carbons (Fsp3) is 0.385. The van der Waals surface area contributed by atoms with E-state index in [0.717, 1.165) is 5.65 Å². The highest BCUT2D eigenvalue weighted by atomic mass is 16.5. The van der Waals surface area contributed by atoms with Crippen molar-refractivity contribution in [2.45, 2.75) is 12.6 Å². The Morgan fingerprint density at radius 2 is 2.40 bits per heavy atom. The lowest BCUT2D eigenvalue weighted by molar-refractivity contribution is -0.121. The highest BCUT2D eigenvalue weighted by molar-refractivity contribution is 5.84. The number of ether oxygens (including phenoxy) is 1. The predicted molar refractivity (Wildman–Crippen MR) is 72.3 cm³/mol. The minimum absolute atomic E-state index is 0.163. The summed E-state index contributed by atoms with van der Waals surface area (Å²) in [6.45, 7) is 1.10. The molecule has 3 N–H and O–H groups in total. The van der Waals surface area contributed by atoms with Gasteiger partial charge in [-0.05, 0) is 12.1 Å². The van der Waals surface area contributed by atoms with Gasteiger partial charge < -0.3 is 20.5 Å². The summed E-state index contributed by atoms with van der Waals surface area (Å²) in [5, 5.41) is 9.63. The van der Waals surface area contributed by atoms with E-state index >= 15 is 0 Å². The molecule has 7 heteroatoms. The summed E-state index contributed by atoms with van der Waals surface area (Å²) in [7, 11) is 0. The van der Waals surface area contributed by atoms with E-state index in [-0.39, 0.29) is 13.2 Å². The van der Waals surface area contributed by atoms with Crippen LogP contribution in [-0.2, 0) is 16.1 Å². The molecule has 1 atom stereocenters. The highest BCUT2D eigenvalue weighted by Crippen LogP contribution is 2.25. The van der Waals surface area contributed by atoms with Crippen LogP contribution in [0.25, 0.3) is 5.65 Å². The number of nitrogens with two attached hydrogens (primary N) is 1. The van der Waals surface area contributed by atoms with Gasteiger partial charge in [0.1, 0.15) is 11.7 Å². The van der Waals surface area contributed by atoms with E-state index in [0.29, 0.717) is 24.7 Å². The van der Waals surface area contributed by atoms with Crippen molar-refractivity contribution in [3.63, 3.8) is 0 Å². The summed E-state index contributed by atoms with van der Waals surface area (Å²) >= 11 is 0. The SMILES string of the molecule is NC(=O)C1COCCN1c1nc2ccccn2c1CO. The van der Waals surface area contributed by atoms with Crippen LogP contribution in [0.2, 0.25) is 0 Å². The van der Waals surface area contributed by atoms with Crippen molar-refractivity contribution in [3.05, 3.63) is 30.1 Å². The van der Waals surface area contributed by atoms with Crippen molar-refractivity contribution in [3.8, 4) is 0 Å². The zero-order valence-electron chi connectivity index (χ0n) is 10.9. The van der Waals surface area contributed by atoms with Crippen LogP contribution in [0.15, 0.2) is 24.4 Å². The molecule has 1 aliphatic heterocycles. The van der Waals surface area contributed by atoms with E-state index < -0.39 is 11.9 Å². The van der Waals surface area contributed by atoms with Gasteiger partial charge in [0.15, 0.2) is 5.82 Å². The molecule has 0 radical (unpaired) electrons. The molecule has 0 spiro atoms. The molecule has 0 saturated carbocycles. The maximum absolute atomic E-state index is 11.6. The van der Waals surface area contributed by atoms with E-state index in [1.165, 1.54) is 0 Å². The second kappa shape index (κ2) is 5.10. The molecule has 1 fully saturated rings. The topological polar surface area (TPSA) is 93.1 Å². The van der Waals surface area contributed by atoms with Crippen LogP contribution in [-0.4, -0.2) is 46.2 Å². The van der Waals surface area contributed by atoms with Crippen LogP contribution in [0.5, 0.6) is 0 Å². The van der Waals surface area contributed by atoms with Gasteiger partial charge in [-0.15, -0.1) is 0 Å². The first-order valence-corrected chi connectivity index (χ1v) is 6.43. The molecule has 106 valence electrons. The number of pyridine rings is 1. The largest absolute Gasteiger partial charge is 0.390 e. The summed E-state index contributed by atoms with van der Waals surface area (Å²) in [6, 6.07) is 5.03. The average Bonchev–Trinajstić information content (AvgIpc) is 2.85. The minimum Gasteiger partial charge on any atom is -0.390 e. The first-order valence-electron chi connectivity index (χ1n) is 6.43. The molecule has 7 nitrogen and oxygen atoms in total. The lowest BCUT2D eigenvalue weighted by Crippen LogP contribution is -2.53. The lowest BCUT2D eigenvalue weighted by atomic mass is 10.2. The maximum atomic E-state index is 11.6.